The van der Waals surface area contributed by atoms with Crippen LogP contribution in [0.15, 0.2) is 48.7 Å². The van der Waals surface area contributed by atoms with E-state index in [-0.39, 0.29) is 16.5 Å². The number of methoxy groups -OCH3 is 1. The number of rotatable bonds is 5. The van der Waals surface area contributed by atoms with Gasteiger partial charge in [-0.3, -0.25) is 0 Å². The van der Waals surface area contributed by atoms with Crippen LogP contribution in [-0.4, -0.2) is 21.9 Å². The average Bonchev–Trinajstić information content (AvgIpc) is 3.03. The van der Waals surface area contributed by atoms with Gasteiger partial charge in [0.05, 0.1) is 30.4 Å². The SMILES string of the molecule is COc1ccc(Cn2nc(C)c3c(Oc4cc(F)cc(N)c4Cl)ccnc32)cc1. The highest BCUT2D eigenvalue weighted by Gasteiger charge is 2.17. The summed E-state index contributed by atoms with van der Waals surface area (Å²) in [5.74, 6) is 0.869. The molecule has 0 spiro atoms. The van der Waals surface area contributed by atoms with Gasteiger partial charge >= 0.3 is 0 Å². The Bertz CT molecular complexity index is 1190. The predicted molar refractivity (Wildman–Crippen MR) is 110 cm³/mol. The number of ether oxygens (including phenoxy) is 2. The molecule has 0 aliphatic heterocycles. The fourth-order valence-corrected chi connectivity index (χ4v) is 3.27. The van der Waals surface area contributed by atoms with Crippen LogP contribution in [-0.2, 0) is 6.54 Å². The summed E-state index contributed by atoms with van der Waals surface area (Å²) in [4.78, 5) is 4.46. The fraction of sp³-hybridized carbons (Fsp3) is 0.143. The zero-order valence-corrected chi connectivity index (χ0v) is 16.6. The summed E-state index contributed by atoms with van der Waals surface area (Å²) in [6.45, 7) is 2.39. The van der Waals surface area contributed by atoms with E-state index in [1.165, 1.54) is 6.07 Å². The number of anilines is 1. The summed E-state index contributed by atoms with van der Waals surface area (Å²) < 4.78 is 26.6. The van der Waals surface area contributed by atoms with Crippen molar-refractivity contribution in [2.75, 3.05) is 12.8 Å². The standard InChI is InChI=1S/C21H18ClFN4O2/c1-12-19-17(29-18-10-14(23)9-16(24)20(18)22)7-8-25-21(19)27(26-12)11-13-3-5-15(28-2)6-4-13/h3-10H,11,24H2,1-2H3. The largest absolute Gasteiger partial charge is 0.497 e. The van der Waals surface area contributed by atoms with Crippen LogP contribution in [0.3, 0.4) is 0 Å². The van der Waals surface area contributed by atoms with E-state index in [9.17, 15) is 4.39 Å². The molecule has 2 heterocycles. The van der Waals surface area contributed by atoms with Gasteiger partial charge in [0, 0.05) is 12.3 Å². The zero-order valence-electron chi connectivity index (χ0n) is 15.8. The second-order valence-electron chi connectivity index (χ2n) is 6.51. The number of nitrogens with zero attached hydrogens (tertiary/aromatic N) is 3. The Kier molecular flexibility index (Phi) is 4.98. The predicted octanol–water partition coefficient (Wildman–Crippen LogP) is 4.96. The van der Waals surface area contributed by atoms with E-state index in [1.54, 1.807) is 24.1 Å². The van der Waals surface area contributed by atoms with Gasteiger partial charge in [-0.2, -0.15) is 5.10 Å². The summed E-state index contributed by atoms with van der Waals surface area (Å²) in [6.07, 6.45) is 1.61. The lowest BCUT2D eigenvalue weighted by molar-refractivity contribution is 0.414. The van der Waals surface area contributed by atoms with Crippen LogP contribution in [0.25, 0.3) is 11.0 Å². The van der Waals surface area contributed by atoms with E-state index in [2.05, 4.69) is 10.1 Å². The minimum Gasteiger partial charge on any atom is -0.497 e. The monoisotopic (exact) mass is 412 g/mol. The van der Waals surface area contributed by atoms with E-state index in [4.69, 9.17) is 26.8 Å². The second kappa shape index (κ2) is 7.60. The van der Waals surface area contributed by atoms with E-state index < -0.39 is 5.82 Å². The molecule has 29 heavy (non-hydrogen) atoms. The van der Waals surface area contributed by atoms with Crippen LogP contribution >= 0.6 is 11.6 Å². The number of halogens is 2. The average molecular weight is 413 g/mol. The molecule has 2 N–H and O–H groups in total. The molecule has 2 aromatic carbocycles. The Morgan fingerprint density at radius 2 is 1.90 bits per heavy atom. The molecule has 6 nitrogen and oxygen atoms in total. The van der Waals surface area contributed by atoms with E-state index in [0.717, 1.165) is 28.5 Å². The van der Waals surface area contributed by atoms with Gasteiger partial charge in [-0.15, -0.1) is 0 Å². The van der Waals surface area contributed by atoms with Gasteiger partial charge in [-0.1, -0.05) is 23.7 Å². The van der Waals surface area contributed by atoms with Gasteiger partial charge in [0.2, 0.25) is 0 Å². The summed E-state index contributed by atoms with van der Waals surface area (Å²) in [6, 6.07) is 11.8. The molecule has 0 amide bonds. The molecule has 0 unspecified atom stereocenters. The third-order valence-electron chi connectivity index (χ3n) is 4.51. The van der Waals surface area contributed by atoms with Crippen LogP contribution < -0.4 is 15.2 Å². The van der Waals surface area contributed by atoms with Gasteiger partial charge < -0.3 is 15.2 Å². The summed E-state index contributed by atoms with van der Waals surface area (Å²) in [5, 5.41) is 5.47. The van der Waals surface area contributed by atoms with Crippen LogP contribution in [0.4, 0.5) is 10.1 Å². The van der Waals surface area contributed by atoms with Crippen LogP contribution in [0.5, 0.6) is 17.2 Å². The summed E-state index contributed by atoms with van der Waals surface area (Å²) >= 11 is 6.18. The topological polar surface area (TPSA) is 75.2 Å². The normalized spacial score (nSPS) is 11.0. The molecule has 0 aliphatic rings. The van der Waals surface area contributed by atoms with Crippen molar-refractivity contribution in [3.8, 4) is 17.2 Å². The fourth-order valence-electron chi connectivity index (χ4n) is 3.12. The first kappa shape index (κ1) is 19.0. The molecule has 4 rings (SSSR count). The van der Waals surface area contributed by atoms with Crippen molar-refractivity contribution in [2.45, 2.75) is 13.5 Å². The molecule has 0 aliphatic carbocycles. The highest BCUT2D eigenvalue weighted by Crippen LogP contribution is 2.37. The van der Waals surface area contributed by atoms with Crippen LogP contribution in [0, 0.1) is 12.7 Å². The van der Waals surface area contributed by atoms with Crippen molar-refractivity contribution in [3.63, 3.8) is 0 Å². The maximum atomic E-state index is 13.7. The smallest absolute Gasteiger partial charge is 0.162 e. The van der Waals surface area contributed by atoms with Gasteiger partial charge in [0.25, 0.3) is 0 Å². The Morgan fingerprint density at radius 3 is 2.62 bits per heavy atom. The van der Waals surface area contributed by atoms with Gasteiger partial charge in [0.15, 0.2) is 11.4 Å². The van der Waals surface area contributed by atoms with E-state index in [1.807, 2.05) is 31.2 Å². The van der Waals surface area contributed by atoms with Crippen molar-refractivity contribution in [2.24, 2.45) is 0 Å². The number of hydrogen-bond donors (Lipinski definition) is 1. The third-order valence-corrected chi connectivity index (χ3v) is 4.92. The number of fused-ring (bicyclic) bond motifs is 1. The minimum atomic E-state index is -0.529. The number of benzene rings is 2. The first-order valence-electron chi connectivity index (χ1n) is 8.83. The minimum absolute atomic E-state index is 0.110. The van der Waals surface area contributed by atoms with Crippen molar-refractivity contribution >= 4 is 28.3 Å². The summed E-state index contributed by atoms with van der Waals surface area (Å²) in [5.41, 5.74) is 8.28. The highest BCUT2D eigenvalue weighted by molar-refractivity contribution is 6.34. The molecule has 0 saturated carbocycles. The van der Waals surface area contributed by atoms with Crippen LogP contribution in [0.2, 0.25) is 5.02 Å². The lowest BCUT2D eigenvalue weighted by atomic mass is 10.2. The Balaban J connectivity index is 1.72. The van der Waals surface area contributed by atoms with Crippen molar-refractivity contribution < 1.29 is 13.9 Å². The molecule has 148 valence electrons. The number of pyridine rings is 1. The van der Waals surface area contributed by atoms with Crippen molar-refractivity contribution in [1.82, 2.24) is 14.8 Å². The molecule has 0 saturated heterocycles. The number of nitrogen functional groups attached to an aromatic ring is 1. The second-order valence-corrected chi connectivity index (χ2v) is 6.89. The maximum Gasteiger partial charge on any atom is 0.162 e. The maximum absolute atomic E-state index is 13.7. The quantitative estimate of drug-likeness (QED) is 0.469. The first-order chi connectivity index (χ1) is 14.0. The molecule has 0 fully saturated rings. The Labute approximate surface area is 171 Å². The molecule has 2 aromatic heterocycles. The molecule has 4 aromatic rings. The molecular formula is C21H18ClFN4O2. The van der Waals surface area contributed by atoms with Gasteiger partial charge in [0.1, 0.15) is 22.3 Å². The molecule has 0 atom stereocenters. The van der Waals surface area contributed by atoms with E-state index in [0.29, 0.717) is 17.9 Å². The Morgan fingerprint density at radius 1 is 1.14 bits per heavy atom. The lowest BCUT2D eigenvalue weighted by Crippen LogP contribution is -2.03. The number of hydrogen-bond acceptors (Lipinski definition) is 5. The highest BCUT2D eigenvalue weighted by atomic mass is 35.5. The first-order valence-corrected chi connectivity index (χ1v) is 9.21. The van der Waals surface area contributed by atoms with Crippen molar-refractivity contribution in [1.29, 1.82) is 0 Å². The molecule has 0 radical (unpaired) electrons. The molecular weight excluding hydrogens is 395 g/mol. The van der Waals surface area contributed by atoms with Crippen molar-refractivity contribution in [3.05, 3.63) is 70.8 Å². The summed E-state index contributed by atoms with van der Waals surface area (Å²) in [7, 11) is 1.63. The number of aromatic nitrogens is 3. The Hall–Kier alpha value is -3.32. The molecule has 8 heteroatoms. The van der Waals surface area contributed by atoms with Gasteiger partial charge in [-0.25, -0.2) is 14.1 Å². The third kappa shape index (κ3) is 3.69. The zero-order chi connectivity index (χ0) is 20.5. The lowest BCUT2D eigenvalue weighted by Gasteiger charge is -2.11. The van der Waals surface area contributed by atoms with Crippen LogP contribution in [0.1, 0.15) is 11.3 Å². The number of nitrogens with two attached hydrogens (primary N) is 1. The molecule has 0 bridgehead atoms. The van der Waals surface area contributed by atoms with Gasteiger partial charge in [-0.05, 0) is 36.8 Å². The van der Waals surface area contributed by atoms with E-state index >= 15 is 0 Å². The number of aryl methyl sites for hydroxylation is 1.